The third-order valence-electron chi connectivity index (χ3n) is 2.65. The molecule has 0 bridgehead atoms. The third kappa shape index (κ3) is 2.95. The van der Waals surface area contributed by atoms with E-state index in [0.717, 1.165) is 17.1 Å². The summed E-state index contributed by atoms with van der Waals surface area (Å²) in [6.07, 6.45) is 6.69. The summed E-state index contributed by atoms with van der Waals surface area (Å²) in [7, 11) is 0. The molecule has 98 valence electrons. The molecule has 0 amide bonds. The Labute approximate surface area is 116 Å². The lowest BCUT2D eigenvalue weighted by atomic mass is 10.3. The van der Waals surface area contributed by atoms with Crippen LogP contribution in [0.4, 0.5) is 0 Å². The van der Waals surface area contributed by atoms with Gasteiger partial charge in [-0.1, -0.05) is 12.1 Å². The second-order valence-electron chi connectivity index (χ2n) is 4.06. The number of ether oxygens (including phenoxy) is 1. The van der Waals surface area contributed by atoms with E-state index in [4.69, 9.17) is 4.74 Å². The Hall–Kier alpha value is -2.82. The fraction of sp³-hybridized carbons (Fsp3) is 0.0667. The van der Waals surface area contributed by atoms with Crippen molar-refractivity contribution in [3.8, 4) is 17.3 Å². The largest absolute Gasteiger partial charge is 0.470 e. The Morgan fingerprint density at radius 3 is 2.25 bits per heavy atom. The van der Waals surface area contributed by atoms with E-state index < -0.39 is 0 Å². The number of hydrogen-bond donors (Lipinski definition) is 0. The maximum atomic E-state index is 5.53. The highest BCUT2D eigenvalue weighted by Crippen LogP contribution is 2.14. The number of pyridine rings is 2. The van der Waals surface area contributed by atoms with E-state index in [2.05, 4.69) is 19.9 Å². The van der Waals surface area contributed by atoms with Gasteiger partial charge < -0.3 is 4.74 Å². The van der Waals surface area contributed by atoms with Gasteiger partial charge >= 0.3 is 0 Å². The second-order valence-corrected chi connectivity index (χ2v) is 4.06. The van der Waals surface area contributed by atoms with E-state index in [1.54, 1.807) is 24.8 Å². The molecule has 3 aromatic rings. The molecule has 0 spiro atoms. The minimum atomic E-state index is 0.373. The van der Waals surface area contributed by atoms with E-state index in [-0.39, 0.29) is 0 Å². The molecule has 0 fully saturated rings. The highest BCUT2D eigenvalue weighted by Gasteiger charge is 2.02. The fourth-order valence-electron chi connectivity index (χ4n) is 1.67. The Balaban J connectivity index is 1.68. The van der Waals surface area contributed by atoms with Crippen molar-refractivity contribution in [2.75, 3.05) is 0 Å². The molecule has 0 radical (unpaired) electrons. The highest BCUT2D eigenvalue weighted by molar-refractivity contribution is 5.51. The molecule has 0 aromatic carbocycles. The van der Waals surface area contributed by atoms with Crippen molar-refractivity contribution in [3.05, 3.63) is 66.9 Å². The van der Waals surface area contributed by atoms with Crippen molar-refractivity contribution >= 4 is 0 Å². The van der Waals surface area contributed by atoms with Crippen molar-refractivity contribution < 1.29 is 4.74 Å². The normalized spacial score (nSPS) is 10.2. The van der Waals surface area contributed by atoms with Crippen LogP contribution in [0, 0.1) is 0 Å². The lowest BCUT2D eigenvalue weighted by Gasteiger charge is -2.05. The number of hydrogen-bond acceptors (Lipinski definition) is 5. The maximum Gasteiger partial charge on any atom is 0.232 e. The van der Waals surface area contributed by atoms with Crippen molar-refractivity contribution in [2.24, 2.45) is 0 Å². The lowest BCUT2D eigenvalue weighted by molar-refractivity contribution is 0.288. The van der Waals surface area contributed by atoms with Crippen LogP contribution in [-0.2, 0) is 6.61 Å². The maximum absolute atomic E-state index is 5.53. The summed E-state index contributed by atoms with van der Waals surface area (Å²) < 4.78 is 5.53. The number of aromatic nitrogens is 4. The van der Waals surface area contributed by atoms with Gasteiger partial charge in [-0.3, -0.25) is 9.97 Å². The minimum Gasteiger partial charge on any atom is -0.470 e. The molecular weight excluding hydrogens is 252 g/mol. The quantitative estimate of drug-likeness (QED) is 0.724. The van der Waals surface area contributed by atoms with Gasteiger partial charge in [-0.25, -0.2) is 9.97 Å². The van der Waals surface area contributed by atoms with Gasteiger partial charge in [0.25, 0.3) is 0 Å². The molecule has 0 atom stereocenters. The van der Waals surface area contributed by atoms with E-state index in [9.17, 15) is 0 Å². The molecule has 5 nitrogen and oxygen atoms in total. The number of rotatable bonds is 4. The van der Waals surface area contributed by atoms with Crippen LogP contribution < -0.4 is 4.74 Å². The van der Waals surface area contributed by atoms with Crippen LogP contribution in [-0.4, -0.2) is 19.9 Å². The molecule has 3 heterocycles. The Bertz CT molecular complexity index is 656. The predicted molar refractivity (Wildman–Crippen MR) is 73.8 cm³/mol. The summed E-state index contributed by atoms with van der Waals surface area (Å²) in [4.78, 5) is 16.9. The molecule has 0 saturated carbocycles. The van der Waals surface area contributed by atoms with Crippen molar-refractivity contribution in [1.82, 2.24) is 19.9 Å². The van der Waals surface area contributed by atoms with Gasteiger partial charge in [0.05, 0.1) is 23.8 Å². The molecule has 0 N–H and O–H groups in total. The van der Waals surface area contributed by atoms with Gasteiger partial charge in [-0.2, -0.15) is 0 Å². The first-order valence-corrected chi connectivity index (χ1v) is 6.18. The van der Waals surface area contributed by atoms with Crippen molar-refractivity contribution in [3.63, 3.8) is 0 Å². The molecule has 3 aromatic heterocycles. The molecule has 0 aliphatic heterocycles. The average molecular weight is 264 g/mol. The Kier molecular flexibility index (Phi) is 3.59. The predicted octanol–water partition coefficient (Wildman–Crippen LogP) is 2.51. The van der Waals surface area contributed by atoms with Gasteiger partial charge in [0, 0.05) is 12.4 Å². The first kappa shape index (κ1) is 12.2. The molecule has 3 rings (SSSR count). The standard InChI is InChI=1S/C15H12N4O/c1-3-7-16-12(5-1)11-20-15-10-18-14(9-19-15)13-6-2-4-8-17-13/h1-10H,11H2. The summed E-state index contributed by atoms with van der Waals surface area (Å²) in [6.45, 7) is 0.373. The molecule has 5 heteroatoms. The molecular formula is C15H12N4O. The van der Waals surface area contributed by atoms with E-state index in [1.807, 2.05) is 36.4 Å². The van der Waals surface area contributed by atoms with Gasteiger partial charge in [0.15, 0.2) is 0 Å². The van der Waals surface area contributed by atoms with E-state index in [0.29, 0.717) is 12.5 Å². The minimum absolute atomic E-state index is 0.373. The van der Waals surface area contributed by atoms with E-state index in [1.165, 1.54) is 0 Å². The Morgan fingerprint density at radius 1 is 0.750 bits per heavy atom. The molecule has 0 aliphatic carbocycles. The highest BCUT2D eigenvalue weighted by atomic mass is 16.5. The Morgan fingerprint density at radius 2 is 1.60 bits per heavy atom. The first-order chi connectivity index (χ1) is 9.92. The van der Waals surface area contributed by atoms with Gasteiger partial charge in [0.2, 0.25) is 5.88 Å². The van der Waals surface area contributed by atoms with Crippen LogP contribution in [0.3, 0.4) is 0 Å². The zero-order valence-corrected chi connectivity index (χ0v) is 10.7. The second kappa shape index (κ2) is 5.88. The smallest absolute Gasteiger partial charge is 0.232 e. The van der Waals surface area contributed by atoms with Gasteiger partial charge in [-0.05, 0) is 24.3 Å². The number of nitrogens with zero attached hydrogens (tertiary/aromatic N) is 4. The van der Waals surface area contributed by atoms with Crippen LogP contribution in [0.15, 0.2) is 61.2 Å². The van der Waals surface area contributed by atoms with Crippen LogP contribution >= 0.6 is 0 Å². The zero-order valence-electron chi connectivity index (χ0n) is 10.7. The summed E-state index contributed by atoms with van der Waals surface area (Å²) in [5.41, 5.74) is 2.36. The van der Waals surface area contributed by atoms with Crippen LogP contribution in [0.25, 0.3) is 11.4 Å². The van der Waals surface area contributed by atoms with Crippen LogP contribution in [0.2, 0.25) is 0 Å². The van der Waals surface area contributed by atoms with Crippen LogP contribution in [0.5, 0.6) is 5.88 Å². The molecule has 20 heavy (non-hydrogen) atoms. The monoisotopic (exact) mass is 264 g/mol. The fourth-order valence-corrected chi connectivity index (χ4v) is 1.67. The molecule has 0 saturated heterocycles. The van der Waals surface area contributed by atoms with Crippen molar-refractivity contribution in [2.45, 2.75) is 6.61 Å². The molecule has 0 aliphatic rings. The summed E-state index contributed by atoms with van der Waals surface area (Å²) >= 11 is 0. The first-order valence-electron chi connectivity index (χ1n) is 6.18. The van der Waals surface area contributed by atoms with Gasteiger partial charge in [-0.15, -0.1) is 0 Å². The van der Waals surface area contributed by atoms with Gasteiger partial charge in [0.1, 0.15) is 12.3 Å². The third-order valence-corrected chi connectivity index (χ3v) is 2.65. The van der Waals surface area contributed by atoms with Crippen LogP contribution in [0.1, 0.15) is 5.69 Å². The molecule has 0 unspecified atom stereocenters. The van der Waals surface area contributed by atoms with Crippen molar-refractivity contribution in [1.29, 1.82) is 0 Å². The SMILES string of the molecule is c1ccc(COc2cnc(-c3ccccn3)cn2)nc1. The zero-order chi connectivity index (χ0) is 13.6. The average Bonchev–Trinajstić information content (AvgIpc) is 2.55. The van der Waals surface area contributed by atoms with E-state index >= 15 is 0 Å². The topological polar surface area (TPSA) is 60.8 Å². The summed E-state index contributed by atoms with van der Waals surface area (Å²) in [5, 5.41) is 0. The summed E-state index contributed by atoms with van der Waals surface area (Å²) in [6, 6.07) is 11.3. The summed E-state index contributed by atoms with van der Waals surface area (Å²) in [5.74, 6) is 0.468. The lowest BCUT2D eigenvalue weighted by Crippen LogP contribution is -2.00.